The number of fused-ring (bicyclic) bond motifs is 7. The molecule has 0 saturated heterocycles. The Morgan fingerprint density at radius 2 is 0.818 bits per heavy atom. The number of aromatic nitrogens is 3. The molecule has 0 unspecified atom stereocenters. The molecule has 0 aliphatic rings. The van der Waals surface area contributed by atoms with E-state index in [-0.39, 0.29) is 0 Å². The van der Waals surface area contributed by atoms with Gasteiger partial charge in [0.15, 0.2) is 5.82 Å². The number of benzene rings is 8. The zero-order valence-corrected chi connectivity index (χ0v) is 29.6. The third kappa shape index (κ3) is 5.19. The molecule has 0 saturated carbocycles. The highest BCUT2D eigenvalue weighted by molar-refractivity contribution is 6.27. The molecular weight excluding hydrogens is 671 g/mol. The summed E-state index contributed by atoms with van der Waals surface area (Å²) in [4.78, 5) is 15.3. The monoisotopic (exact) mass is 701 g/mol. The molecule has 0 amide bonds. The standard InChI is InChI=1S/C51H31N3O/c1-3-13-34(14-4-1)46-47-38-17-7-10-20-42(38)52-50(41(47)31-45-48(46)40-19-9-12-22-44(40)55-45)36-27-23-32(24-28-36)33-25-29-37(30-26-33)51-53-43-21-11-8-18-39(43)49(54-51)35-15-5-2-6-16-35/h1-31H. The predicted molar refractivity (Wildman–Crippen MR) is 227 cm³/mol. The average molecular weight is 702 g/mol. The van der Waals surface area contributed by atoms with Gasteiger partial charge >= 0.3 is 0 Å². The van der Waals surface area contributed by atoms with Crippen LogP contribution in [-0.2, 0) is 0 Å². The molecule has 11 rings (SSSR count). The first-order valence-electron chi connectivity index (χ1n) is 18.5. The second-order valence-corrected chi connectivity index (χ2v) is 13.9. The van der Waals surface area contributed by atoms with E-state index in [1.54, 1.807) is 0 Å². The minimum atomic E-state index is 0.710. The SMILES string of the molecule is c1ccc(-c2nc(-c3ccc(-c4ccc(-c5nc6ccccc6c6c(-c7ccccc7)c7c(cc56)oc5ccccc57)cc4)cc3)nc3ccccc23)cc1. The van der Waals surface area contributed by atoms with Gasteiger partial charge in [-0.15, -0.1) is 0 Å². The molecule has 0 N–H and O–H groups in total. The van der Waals surface area contributed by atoms with Gasteiger partial charge in [-0.1, -0.05) is 164 Å². The van der Waals surface area contributed by atoms with E-state index in [1.807, 2.05) is 42.5 Å². The Balaban J connectivity index is 1.03. The van der Waals surface area contributed by atoms with Crippen LogP contribution in [0.2, 0.25) is 0 Å². The Bertz CT molecular complexity index is 3220. The van der Waals surface area contributed by atoms with Crippen LogP contribution in [0.15, 0.2) is 192 Å². The normalized spacial score (nSPS) is 11.6. The van der Waals surface area contributed by atoms with Gasteiger partial charge in [-0.3, -0.25) is 0 Å². The van der Waals surface area contributed by atoms with Gasteiger partial charge in [-0.2, -0.15) is 0 Å². The smallest absolute Gasteiger partial charge is 0.160 e. The first-order valence-corrected chi connectivity index (χ1v) is 18.5. The van der Waals surface area contributed by atoms with Gasteiger partial charge in [0.1, 0.15) is 11.2 Å². The molecule has 55 heavy (non-hydrogen) atoms. The second kappa shape index (κ2) is 12.6. The molecule has 0 fully saturated rings. The van der Waals surface area contributed by atoms with Crippen molar-refractivity contribution in [2.75, 3.05) is 0 Å². The Morgan fingerprint density at radius 1 is 0.309 bits per heavy atom. The molecule has 3 heterocycles. The number of furan rings is 1. The summed E-state index contributed by atoms with van der Waals surface area (Å²) in [5.41, 5.74) is 13.1. The Kier molecular flexibility index (Phi) is 7.14. The van der Waals surface area contributed by atoms with Crippen LogP contribution in [-0.4, -0.2) is 15.0 Å². The summed E-state index contributed by atoms with van der Waals surface area (Å²) in [6.45, 7) is 0. The fourth-order valence-electron chi connectivity index (χ4n) is 8.08. The van der Waals surface area contributed by atoms with E-state index in [1.165, 1.54) is 10.9 Å². The first-order chi connectivity index (χ1) is 27.3. The van der Waals surface area contributed by atoms with E-state index in [4.69, 9.17) is 19.4 Å². The van der Waals surface area contributed by atoms with Gasteiger partial charge in [0.25, 0.3) is 0 Å². The van der Waals surface area contributed by atoms with E-state index >= 15 is 0 Å². The van der Waals surface area contributed by atoms with Crippen molar-refractivity contribution in [3.05, 3.63) is 188 Å². The van der Waals surface area contributed by atoms with Gasteiger partial charge in [-0.25, -0.2) is 15.0 Å². The summed E-state index contributed by atoms with van der Waals surface area (Å²) < 4.78 is 6.56. The lowest BCUT2D eigenvalue weighted by atomic mass is 9.89. The maximum atomic E-state index is 6.56. The van der Waals surface area contributed by atoms with Crippen molar-refractivity contribution in [1.29, 1.82) is 0 Å². The zero-order chi connectivity index (χ0) is 36.3. The third-order valence-electron chi connectivity index (χ3n) is 10.7. The largest absolute Gasteiger partial charge is 0.456 e. The van der Waals surface area contributed by atoms with Crippen LogP contribution in [0, 0.1) is 0 Å². The quantitative estimate of drug-likeness (QED) is 0.168. The number of nitrogens with zero attached hydrogens (tertiary/aromatic N) is 3. The van der Waals surface area contributed by atoms with Gasteiger partial charge in [-0.05, 0) is 41.0 Å². The summed E-state index contributed by atoms with van der Waals surface area (Å²) >= 11 is 0. The summed E-state index contributed by atoms with van der Waals surface area (Å²) in [5.74, 6) is 0.710. The van der Waals surface area contributed by atoms with Crippen molar-refractivity contribution in [1.82, 2.24) is 15.0 Å². The van der Waals surface area contributed by atoms with E-state index in [2.05, 4.69) is 146 Å². The molecule has 4 heteroatoms. The molecule has 0 aliphatic heterocycles. The van der Waals surface area contributed by atoms with Crippen LogP contribution in [0.1, 0.15) is 0 Å². The maximum absolute atomic E-state index is 6.56. The minimum absolute atomic E-state index is 0.710. The van der Waals surface area contributed by atoms with Crippen molar-refractivity contribution in [2.45, 2.75) is 0 Å². The molecule has 0 bridgehead atoms. The number of para-hydroxylation sites is 3. The highest BCUT2D eigenvalue weighted by atomic mass is 16.3. The Morgan fingerprint density at radius 3 is 1.53 bits per heavy atom. The zero-order valence-electron chi connectivity index (χ0n) is 29.6. The van der Waals surface area contributed by atoms with Crippen LogP contribution in [0.3, 0.4) is 0 Å². The highest BCUT2D eigenvalue weighted by Gasteiger charge is 2.21. The first kappa shape index (κ1) is 31.1. The van der Waals surface area contributed by atoms with Crippen molar-refractivity contribution < 1.29 is 4.42 Å². The molecule has 0 aliphatic carbocycles. The number of hydrogen-bond acceptors (Lipinski definition) is 4. The highest BCUT2D eigenvalue weighted by Crippen LogP contribution is 2.46. The molecule has 256 valence electrons. The van der Waals surface area contributed by atoms with Crippen LogP contribution in [0.4, 0.5) is 0 Å². The number of rotatable bonds is 5. The Labute approximate surface area is 317 Å². The lowest BCUT2D eigenvalue weighted by Gasteiger charge is -2.16. The predicted octanol–water partition coefficient (Wildman–Crippen LogP) is 13.6. The van der Waals surface area contributed by atoms with E-state index in [0.717, 1.165) is 93.9 Å². The molecule has 4 nitrogen and oxygen atoms in total. The third-order valence-corrected chi connectivity index (χ3v) is 10.7. The van der Waals surface area contributed by atoms with Crippen LogP contribution in [0.5, 0.6) is 0 Å². The van der Waals surface area contributed by atoms with E-state index < -0.39 is 0 Å². The topological polar surface area (TPSA) is 51.8 Å². The molecule has 3 aromatic heterocycles. The summed E-state index contributed by atoms with van der Waals surface area (Å²) in [5, 5.41) is 6.64. The summed E-state index contributed by atoms with van der Waals surface area (Å²) in [7, 11) is 0. The molecule has 8 aromatic carbocycles. The molecular formula is C51H31N3O. The summed E-state index contributed by atoms with van der Waals surface area (Å²) in [6.07, 6.45) is 0. The van der Waals surface area contributed by atoms with Crippen molar-refractivity contribution >= 4 is 54.5 Å². The van der Waals surface area contributed by atoms with Gasteiger partial charge in [0, 0.05) is 54.6 Å². The Hall–Kier alpha value is -7.43. The lowest BCUT2D eigenvalue weighted by molar-refractivity contribution is 0.669. The van der Waals surface area contributed by atoms with Crippen molar-refractivity contribution in [3.63, 3.8) is 0 Å². The molecule has 0 atom stereocenters. The van der Waals surface area contributed by atoms with Crippen molar-refractivity contribution in [2.24, 2.45) is 0 Å². The van der Waals surface area contributed by atoms with E-state index in [0.29, 0.717) is 5.82 Å². The van der Waals surface area contributed by atoms with Crippen LogP contribution < -0.4 is 0 Å². The fourth-order valence-corrected chi connectivity index (χ4v) is 8.08. The van der Waals surface area contributed by atoms with E-state index in [9.17, 15) is 0 Å². The number of hydrogen-bond donors (Lipinski definition) is 0. The van der Waals surface area contributed by atoms with Crippen LogP contribution in [0.25, 0.3) is 111 Å². The van der Waals surface area contributed by atoms with Gasteiger partial charge in [0.2, 0.25) is 0 Å². The number of pyridine rings is 1. The second-order valence-electron chi connectivity index (χ2n) is 13.9. The minimum Gasteiger partial charge on any atom is -0.456 e. The fraction of sp³-hybridized carbons (Fsp3) is 0. The molecule has 0 spiro atoms. The summed E-state index contributed by atoms with van der Waals surface area (Å²) in [6, 6.07) is 65.5. The molecule has 11 aromatic rings. The van der Waals surface area contributed by atoms with Gasteiger partial charge in [0.05, 0.1) is 22.4 Å². The van der Waals surface area contributed by atoms with Crippen molar-refractivity contribution in [3.8, 4) is 56.2 Å². The lowest BCUT2D eigenvalue weighted by Crippen LogP contribution is -1.95. The maximum Gasteiger partial charge on any atom is 0.160 e. The van der Waals surface area contributed by atoms with Crippen LogP contribution >= 0.6 is 0 Å². The molecule has 0 radical (unpaired) electrons. The average Bonchev–Trinajstić information content (AvgIpc) is 3.64. The van der Waals surface area contributed by atoms with Gasteiger partial charge < -0.3 is 4.42 Å².